The zero-order chi connectivity index (χ0) is 10.3. The van der Waals surface area contributed by atoms with Gasteiger partial charge in [0.05, 0.1) is 6.42 Å². The summed E-state index contributed by atoms with van der Waals surface area (Å²) in [7, 11) is 0. The van der Waals surface area contributed by atoms with Gasteiger partial charge in [0.1, 0.15) is 5.60 Å². The zero-order valence-corrected chi connectivity index (χ0v) is 9.22. The van der Waals surface area contributed by atoms with Crippen molar-refractivity contribution in [3.63, 3.8) is 0 Å². The average Bonchev–Trinajstić information content (AvgIpc) is 1.94. The number of hydrogen-bond acceptors (Lipinski definition) is 2. The lowest BCUT2D eigenvalue weighted by Crippen LogP contribution is -2.23. The summed E-state index contributed by atoms with van der Waals surface area (Å²) >= 11 is 0. The molecule has 0 aliphatic carbocycles. The summed E-state index contributed by atoms with van der Waals surface area (Å²) in [4.78, 5) is 11.1. The van der Waals surface area contributed by atoms with Crippen LogP contribution >= 0.6 is 0 Å². The molecule has 0 aromatic carbocycles. The van der Waals surface area contributed by atoms with Crippen molar-refractivity contribution >= 4 is 5.97 Å². The van der Waals surface area contributed by atoms with Crippen molar-refractivity contribution in [2.24, 2.45) is 0 Å². The molecule has 0 spiro atoms. The Morgan fingerprint density at radius 1 is 1.31 bits per heavy atom. The van der Waals surface area contributed by atoms with Crippen molar-refractivity contribution in [1.82, 2.24) is 0 Å². The van der Waals surface area contributed by atoms with E-state index in [-0.39, 0.29) is 11.6 Å². The second-order valence-electron chi connectivity index (χ2n) is 4.23. The van der Waals surface area contributed by atoms with Gasteiger partial charge >= 0.3 is 5.97 Å². The number of esters is 1. The largest absolute Gasteiger partial charge is 0.460 e. The summed E-state index contributed by atoms with van der Waals surface area (Å²) in [5, 5.41) is 0. The second-order valence-corrected chi connectivity index (χ2v) is 4.23. The van der Waals surface area contributed by atoms with Crippen LogP contribution in [0, 0.1) is 6.42 Å². The van der Waals surface area contributed by atoms with Crippen LogP contribution < -0.4 is 0 Å². The van der Waals surface area contributed by atoms with Gasteiger partial charge in [0.15, 0.2) is 0 Å². The number of carbonyl (C=O) groups excluding carboxylic acids is 1. The number of rotatable bonds is 5. The van der Waals surface area contributed by atoms with Crippen LogP contribution in [0.5, 0.6) is 0 Å². The minimum Gasteiger partial charge on any atom is -0.460 e. The second kappa shape index (κ2) is 6.01. The summed E-state index contributed by atoms with van der Waals surface area (Å²) in [5.41, 5.74) is -0.363. The molecule has 0 fully saturated rings. The standard InChI is InChI=1S/C11H21O2/c1-5-6-7-8-9-10(12)13-11(2,3)4/h9H,5-8H2,1-4H3. The molecule has 2 nitrogen and oxygen atoms in total. The van der Waals surface area contributed by atoms with Crippen molar-refractivity contribution in [2.75, 3.05) is 0 Å². The molecule has 0 aliphatic heterocycles. The van der Waals surface area contributed by atoms with Gasteiger partial charge in [0, 0.05) is 0 Å². The number of carbonyl (C=O) groups is 1. The van der Waals surface area contributed by atoms with E-state index in [9.17, 15) is 4.79 Å². The van der Waals surface area contributed by atoms with Gasteiger partial charge in [-0.25, -0.2) is 0 Å². The van der Waals surface area contributed by atoms with Gasteiger partial charge in [0.25, 0.3) is 0 Å². The topological polar surface area (TPSA) is 26.3 Å². The third-order valence-corrected chi connectivity index (χ3v) is 1.53. The molecule has 0 saturated heterocycles. The molecule has 0 atom stereocenters. The summed E-state index contributed by atoms with van der Waals surface area (Å²) in [5.74, 6) is -0.191. The third-order valence-electron chi connectivity index (χ3n) is 1.53. The van der Waals surface area contributed by atoms with E-state index in [4.69, 9.17) is 4.74 Å². The maximum absolute atomic E-state index is 11.1. The number of unbranched alkanes of at least 4 members (excludes halogenated alkanes) is 3. The molecule has 0 aromatic heterocycles. The van der Waals surface area contributed by atoms with Crippen LogP contribution in [0.4, 0.5) is 0 Å². The van der Waals surface area contributed by atoms with Crippen LogP contribution in [0.2, 0.25) is 0 Å². The molecule has 13 heavy (non-hydrogen) atoms. The molecule has 0 saturated carbocycles. The van der Waals surface area contributed by atoms with Crippen molar-refractivity contribution < 1.29 is 9.53 Å². The highest BCUT2D eigenvalue weighted by Gasteiger charge is 2.15. The molecule has 0 rings (SSSR count). The smallest absolute Gasteiger partial charge is 0.310 e. The monoisotopic (exact) mass is 185 g/mol. The first-order valence-electron chi connectivity index (χ1n) is 5.02. The third kappa shape index (κ3) is 9.38. The Morgan fingerprint density at radius 2 is 1.92 bits per heavy atom. The lowest BCUT2D eigenvalue weighted by molar-refractivity contribution is -0.150. The first-order chi connectivity index (χ1) is 5.95. The number of hydrogen-bond donors (Lipinski definition) is 0. The van der Waals surface area contributed by atoms with Gasteiger partial charge < -0.3 is 4.74 Å². The normalized spacial score (nSPS) is 11.4. The van der Waals surface area contributed by atoms with Crippen LogP contribution in [0.1, 0.15) is 53.4 Å². The van der Waals surface area contributed by atoms with Gasteiger partial charge in [-0.3, -0.25) is 4.79 Å². The van der Waals surface area contributed by atoms with E-state index in [1.165, 1.54) is 12.8 Å². The highest BCUT2D eigenvalue weighted by atomic mass is 16.6. The Labute approximate surface area is 81.7 Å². The Morgan fingerprint density at radius 3 is 2.38 bits per heavy atom. The molecule has 77 valence electrons. The fourth-order valence-electron chi connectivity index (χ4n) is 0.958. The molecule has 0 bridgehead atoms. The molecule has 0 amide bonds. The van der Waals surface area contributed by atoms with Crippen LogP contribution in [-0.2, 0) is 9.53 Å². The highest BCUT2D eigenvalue weighted by Crippen LogP contribution is 2.10. The van der Waals surface area contributed by atoms with E-state index in [0.29, 0.717) is 0 Å². The molecule has 1 radical (unpaired) electrons. The predicted molar refractivity (Wildman–Crippen MR) is 54.3 cm³/mol. The van der Waals surface area contributed by atoms with Crippen molar-refractivity contribution in [2.45, 2.75) is 59.0 Å². The predicted octanol–water partition coefficient (Wildman–Crippen LogP) is 3.11. The molecule has 0 unspecified atom stereocenters. The minimum atomic E-state index is -0.363. The average molecular weight is 185 g/mol. The van der Waals surface area contributed by atoms with Gasteiger partial charge in [0.2, 0.25) is 0 Å². The zero-order valence-electron chi connectivity index (χ0n) is 9.22. The lowest BCUT2D eigenvalue weighted by atomic mass is 10.1. The Bertz CT molecular complexity index is 145. The van der Waals surface area contributed by atoms with Crippen LogP contribution in [0.15, 0.2) is 0 Å². The first-order valence-corrected chi connectivity index (χ1v) is 5.02. The molecular formula is C11H21O2. The van der Waals surface area contributed by atoms with Gasteiger partial charge in [-0.2, -0.15) is 0 Å². The van der Waals surface area contributed by atoms with E-state index >= 15 is 0 Å². The van der Waals surface area contributed by atoms with E-state index in [2.05, 4.69) is 6.92 Å². The Kier molecular flexibility index (Phi) is 5.76. The SMILES string of the molecule is CCCCC[CH]C(=O)OC(C)(C)C. The Balaban J connectivity index is 3.41. The van der Waals surface area contributed by atoms with Crippen LogP contribution in [0.25, 0.3) is 0 Å². The molecule has 2 heteroatoms. The van der Waals surface area contributed by atoms with Crippen LogP contribution in [0.3, 0.4) is 0 Å². The fraction of sp³-hybridized carbons (Fsp3) is 0.818. The van der Waals surface area contributed by atoms with Crippen LogP contribution in [-0.4, -0.2) is 11.6 Å². The van der Waals surface area contributed by atoms with E-state index in [1.807, 2.05) is 20.8 Å². The number of ether oxygens (including phenoxy) is 1. The van der Waals surface area contributed by atoms with Crippen molar-refractivity contribution in [3.8, 4) is 0 Å². The molecule has 0 aliphatic rings. The first kappa shape index (κ1) is 12.5. The Hall–Kier alpha value is -0.530. The maximum Gasteiger partial charge on any atom is 0.310 e. The molecule has 0 aromatic rings. The summed E-state index contributed by atoms with van der Waals surface area (Å²) in [6.07, 6.45) is 5.92. The lowest BCUT2D eigenvalue weighted by Gasteiger charge is -2.19. The van der Waals surface area contributed by atoms with Crippen molar-refractivity contribution in [1.29, 1.82) is 0 Å². The fourth-order valence-corrected chi connectivity index (χ4v) is 0.958. The molecule has 0 heterocycles. The molecular weight excluding hydrogens is 164 g/mol. The summed E-state index contributed by atoms with van der Waals surface area (Å²) in [6.45, 7) is 7.79. The van der Waals surface area contributed by atoms with E-state index in [1.54, 1.807) is 6.42 Å². The highest BCUT2D eigenvalue weighted by molar-refractivity contribution is 5.79. The van der Waals surface area contributed by atoms with E-state index in [0.717, 1.165) is 12.8 Å². The summed E-state index contributed by atoms with van der Waals surface area (Å²) in [6, 6.07) is 0. The van der Waals surface area contributed by atoms with Gasteiger partial charge in [-0.15, -0.1) is 0 Å². The summed E-state index contributed by atoms with van der Waals surface area (Å²) < 4.78 is 5.12. The molecule has 0 N–H and O–H groups in total. The maximum atomic E-state index is 11.1. The quantitative estimate of drug-likeness (QED) is 0.486. The van der Waals surface area contributed by atoms with Gasteiger partial charge in [-0.05, 0) is 27.2 Å². The van der Waals surface area contributed by atoms with Gasteiger partial charge in [-0.1, -0.05) is 26.2 Å². The van der Waals surface area contributed by atoms with Crippen molar-refractivity contribution in [3.05, 3.63) is 6.42 Å². The minimum absolute atomic E-state index is 0.191. The van der Waals surface area contributed by atoms with E-state index < -0.39 is 0 Å².